The minimum atomic E-state index is 0.223. The Hall–Kier alpha value is -2.56. The summed E-state index contributed by atoms with van der Waals surface area (Å²) >= 11 is 6.45. The van der Waals surface area contributed by atoms with Gasteiger partial charge in [0.1, 0.15) is 23.2 Å². The molecule has 3 N–H and O–H groups in total. The average Bonchev–Trinajstić information content (AvgIpc) is 3.25. The van der Waals surface area contributed by atoms with Crippen LogP contribution in [0.5, 0.6) is 0 Å². The number of hydrogen-bond donors (Lipinski definition) is 2. The number of nitrogens with one attached hydrogen (secondary N) is 1. The molecule has 0 aromatic carbocycles. The Balaban J connectivity index is 1.88. The number of nitrogens with zero attached hydrogens (tertiary/aromatic N) is 4. The van der Waals surface area contributed by atoms with Gasteiger partial charge in [-0.15, -0.1) is 0 Å². The predicted octanol–water partition coefficient (Wildman–Crippen LogP) is 2.56. The SMILES string of the molecule is N#Cc1cc(-c2cnn3c(N)c(Cl)c(C4CCCNC4)nc23)co1. The first kappa shape index (κ1) is 15.0. The number of nitriles is 1. The second kappa shape index (κ2) is 5.82. The number of rotatable bonds is 2. The molecule has 24 heavy (non-hydrogen) atoms. The van der Waals surface area contributed by atoms with Crippen LogP contribution in [0, 0.1) is 11.3 Å². The number of anilines is 1. The Morgan fingerprint density at radius 3 is 3.08 bits per heavy atom. The summed E-state index contributed by atoms with van der Waals surface area (Å²) in [4.78, 5) is 4.75. The van der Waals surface area contributed by atoms with E-state index in [0.29, 0.717) is 16.5 Å². The lowest BCUT2D eigenvalue weighted by Crippen LogP contribution is -2.29. The maximum atomic E-state index is 8.93. The fourth-order valence-electron chi connectivity index (χ4n) is 3.11. The Bertz CT molecular complexity index is 948. The van der Waals surface area contributed by atoms with E-state index in [-0.39, 0.29) is 11.7 Å². The van der Waals surface area contributed by atoms with Crippen LogP contribution in [-0.2, 0) is 0 Å². The van der Waals surface area contributed by atoms with Crippen molar-refractivity contribution in [1.29, 1.82) is 5.26 Å². The molecule has 0 radical (unpaired) electrons. The van der Waals surface area contributed by atoms with Gasteiger partial charge in [-0.2, -0.15) is 14.9 Å². The molecule has 1 atom stereocenters. The van der Waals surface area contributed by atoms with Crippen molar-refractivity contribution in [3.63, 3.8) is 0 Å². The molecule has 0 saturated carbocycles. The lowest BCUT2D eigenvalue weighted by molar-refractivity contribution is 0.455. The number of furan rings is 1. The van der Waals surface area contributed by atoms with Crippen LogP contribution in [-0.4, -0.2) is 27.7 Å². The maximum absolute atomic E-state index is 8.93. The van der Waals surface area contributed by atoms with E-state index in [1.165, 1.54) is 10.8 Å². The molecule has 1 aliphatic rings. The molecule has 1 saturated heterocycles. The fraction of sp³-hybridized carbons (Fsp3) is 0.312. The molecule has 8 heteroatoms. The van der Waals surface area contributed by atoms with Crippen LogP contribution in [0.4, 0.5) is 5.82 Å². The highest BCUT2D eigenvalue weighted by Crippen LogP contribution is 2.35. The Labute approximate surface area is 143 Å². The summed E-state index contributed by atoms with van der Waals surface area (Å²) in [7, 11) is 0. The van der Waals surface area contributed by atoms with Gasteiger partial charge in [0, 0.05) is 29.7 Å². The van der Waals surface area contributed by atoms with E-state index in [1.807, 2.05) is 6.07 Å². The van der Waals surface area contributed by atoms with Crippen LogP contribution >= 0.6 is 11.6 Å². The molecule has 0 spiro atoms. The van der Waals surface area contributed by atoms with Gasteiger partial charge < -0.3 is 15.5 Å². The van der Waals surface area contributed by atoms with Crippen LogP contribution in [0.3, 0.4) is 0 Å². The second-order valence-electron chi connectivity index (χ2n) is 5.84. The topological polar surface area (TPSA) is 105 Å². The summed E-state index contributed by atoms with van der Waals surface area (Å²) in [6.45, 7) is 1.84. The van der Waals surface area contributed by atoms with Gasteiger partial charge in [0.05, 0.1) is 11.9 Å². The summed E-state index contributed by atoms with van der Waals surface area (Å²) < 4.78 is 6.72. The molecule has 1 fully saturated rings. The maximum Gasteiger partial charge on any atom is 0.203 e. The van der Waals surface area contributed by atoms with Crippen molar-refractivity contribution in [1.82, 2.24) is 19.9 Å². The Kier molecular flexibility index (Phi) is 3.63. The van der Waals surface area contributed by atoms with Gasteiger partial charge in [0.2, 0.25) is 5.76 Å². The fourth-order valence-corrected chi connectivity index (χ4v) is 3.39. The highest BCUT2D eigenvalue weighted by Gasteiger charge is 2.24. The number of halogens is 1. The Morgan fingerprint density at radius 2 is 2.38 bits per heavy atom. The van der Waals surface area contributed by atoms with E-state index < -0.39 is 0 Å². The number of piperidine rings is 1. The zero-order valence-electron chi connectivity index (χ0n) is 12.8. The number of hydrogen-bond acceptors (Lipinski definition) is 6. The van der Waals surface area contributed by atoms with E-state index in [4.69, 9.17) is 32.0 Å². The van der Waals surface area contributed by atoms with E-state index in [1.54, 1.807) is 12.3 Å². The largest absolute Gasteiger partial charge is 0.453 e. The Morgan fingerprint density at radius 1 is 1.50 bits per heavy atom. The smallest absolute Gasteiger partial charge is 0.203 e. The first-order chi connectivity index (χ1) is 11.7. The van der Waals surface area contributed by atoms with Crippen molar-refractivity contribution >= 4 is 23.1 Å². The number of fused-ring (bicyclic) bond motifs is 1. The van der Waals surface area contributed by atoms with Crippen LogP contribution in [0.1, 0.15) is 30.2 Å². The molecular weight excluding hydrogens is 328 g/mol. The normalized spacial score (nSPS) is 17.9. The predicted molar refractivity (Wildman–Crippen MR) is 89.7 cm³/mol. The molecule has 1 unspecified atom stereocenters. The molecule has 1 aliphatic heterocycles. The van der Waals surface area contributed by atoms with Crippen LogP contribution < -0.4 is 11.1 Å². The van der Waals surface area contributed by atoms with Gasteiger partial charge in [0.25, 0.3) is 0 Å². The highest BCUT2D eigenvalue weighted by atomic mass is 35.5. The first-order valence-corrected chi connectivity index (χ1v) is 8.09. The molecule has 4 heterocycles. The third kappa shape index (κ3) is 2.31. The van der Waals surface area contributed by atoms with Gasteiger partial charge in [-0.3, -0.25) is 0 Å². The summed E-state index contributed by atoms with van der Waals surface area (Å²) in [5, 5.41) is 17.0. The minimum Gasteiger partial charge on any atom is -0.453 e. The van der Waals surface area contributed by atoms with Gasteiger partial charge >= 0.3 is 0 Å². The quantitative estimate of drug-likeness (QED) is 0.741. The van der Waals surface area contributed by atoms with E-state index in [0.717, 1.165) is 42.8 Å². The summed E-state index contributed by atoms with van der Waals surface area (Å²) in [5.74, 6) is 0.834. The molecule has 7 nitrogen and oxygen atoms in total. The lowest BCUT2D eigenvalue weighted by atomic mass is 9.95. The number of nitrogens with two attached hydrogens (primary N) is 1. The van der Waals surface area contributed by atoms with Crippen molar-refractivity contribution in [2.24, 2.45) is 0 Å². The van der Waals surface area contributed by atoms with Crippen molar-refractivity contribution < 1.29 is 4.42 Å². The molecule has 0 amide bonds. The number of nitrogen functional groups attached to an aromatic ring is 1. The molecule has 0 aliphatic carbocycles. The second-order valence-corrected chi connectivity index (χ2v) is 6.22. The molecule has 3 aromatic rings. The molecular formula is C16H15ClN6O. The highest BCUT2D eigenvalue weighted by molar-refractivity contribution is 6.33. The van der Waals surface area contributed by atoms with Crippen molar-refractivity contribution in [2.45, 2.75) is 18.8 Å². The minimum absolute atomic E-state index is 0.223. The molecule has 4 rings (SSSR count). The standard InChI is InChI=1S/C16H15ClN6O/c17-13-14(9-2-1-3-20-6-9)22-16-12(7-21-23(16)15(13)19)10-4-11(5-18)24-8-10/h4,7-9,20H,1-3,6,19H2. The first-order valence-electron chi connectivity index (χ1n) is 7.71. The van der Waals surface area contributed by atoms with Gasteiger partial charge in [-0.1, -0.05) is 11.6 Å². The number of aromatic nitrogens is 3. The van der Waals surface area contributed by atoms with Crippen LogP contribution in [0.2, 0.25) is 5.02 Å². The zero-order chi connectivity index (χ0) is 16.7. The van der Waals surface area contributed by atoms with Gasteiger partial charge in [0.15, 0.2) is 5.65 Å². The van der Waals surface area contributed by atoms with Crippen molar-refractivity contribution in [3.05, 3.63) is 35.0 Å². The molecule has 0 bridgehead atoms. The van der Waals surface area contributed by atoms with E-state index in [2.05, 4.69) is 10.4 Å². The zero-order valence-corrected chi connectivity index (χ0v) is 13.5. The monoisotopic (exact) mass is 342 g/mol. The van der Waals surface area contributed by atoms with E-state index >= 15 is 0 Å². The van der Waals surface area contributed by atoms with Crippen molar-refractivity contribution in [2.75, 3.05) is 18.8 Å². The summed E-state index contributed by atoms with van der Waals surface area (Å²) in [6.07, 6.45) is 5.27. The molecule has 122 valence electrons. The van der Waals surface area contributed by atoms with E-state index in [9.17, 15) is 0 Å². The lowest BCUT2D eigenvalue weighted by Gasteiger charge is -2.23. The van der Waals surface area contributed by atoms with Crippen LogP contribution in [0.25, 0.3) is 16.8 Å². The summed E-state index contributed by atoms with van der Waals surface area (Å²) in [5.41, 5.74) is 9.08. The van der Waals surface area contributed by atoms with Gasteiger partial charge in [-0.05, 0) is 19.4 Å². The third-order valence-electron chi connectivity index (χ3n) is 4.35. The van der Waals surface area contributed by atoms with Crippen LogP contribution in [0.15, 0.2) is 22.9 Å². The van der Waals surface area contributed by atoms with Crippen molar-refractivity contribution in [3.8, 4) is 17.2 Å². The van der Waals surface area contributed by atoms with Gasteiger partial charge in [-0.25, -0.2) is 4.98 Å². The molecule has 3 aromatic heterocycles. The summed E-state index contributed by atoms with van der Waals surface area (Å²) in [6, 6.07) is 3.63. The third-order valence-corrected chi connectivity index (χ3v) is 4.74. The average molecular weight is 343 g/mol.